The molecule has 0 aliphatic rings. The van der Waals surface area contributed by atoms with E-state index in [9.17, 15) is 22.4 Å². The number of halogens is 1. The molecular weight excluding hydrogens is 395 g/mol. The minimum Gasteiger partial charge on any atom is -0.451 e. The molecule has 0 aliphatic carbocycles. The number of ether oxygens (including phenoxy) is 1. The summed E-state index contributed by atoms with van der Waals surface area (Å²) >= 11 is 1.16. The Balaban J connectivity index is 1.81. The topological polar surface area (TPSA) is 102 Å². The maximum absolute atomic E-state index is 13.4. The molecule has 0 bridgehead atoms. The van der Waals surface area contributed by atoms with Crippen LogP contribution in [-0.4, -0.2) is 39.7 Å². The van der Waals surface area contributed by atoms with Gasteiger partial charge in [-0.25, -0.2) is 22.3 Å². The number of aryl methyl sites for hydroxylation is 1. The Morgan fingerprint density at radius 3 is 2.63 bits per heavy atom. The first-order chi connectivity index (χ1) is 12.6. The maximum Gasteiger partial charge on any atom is 0.348 e. The highest BCUT2D eigenvalue weighted by molar-refractivity contribution is 7.88. The third kappa shape index (κ3) is 7.08. The van der Waals surface area contributed by atoms with E-state index in [1.165, 1.54) is 12.1 Å². The number of carbonyl (C=O) groups excluding carboxylic acids is 2. The number of sulfonamides is 1. The van der Waals surface area contributed by atoms with Crippen LogP contribution in [0.3, 0.4) is 0 Å². The summed E-state index contributed by atoms with van der Waals surface area (Å²) in [5, 5.41) is 2.45. The SMILES string of the molecule is Cc1ccc(NC(=O)COC(=O)c2ccc(CCNS(C)(=O)=O)s2)cc1F. The van der Waals surface area contributed by atoms with Crippen LogP contribution < -0.4 is 10.0 Å². The van der Waals surface area contributed by atoms with Crippen LogP contribution in [0.15, 0.2) is 30.3 Å². The molecule has 1 amide bonds. The zero-order valence-corrected chi connectivity index (χ0v) is 16.4. The number of benzene rings is 1. The van der Waals surface area contributed by atoms with Crippen LogP contribution in [0.1, 0.15) is 20.1 Å². The Bertz CT molecular complexity index is 941. The lowest BCUT2D eigenvalue weighted by molar-refractivity contribution is -0.119. The highest BCUT2D eigenvalue weighted by Gasteiger charge is 2.13. The summed E-state index contributed by atoms with van der Waals surface area (Å²) in [7, 11) is -3.26. The van der Waals surface area contributed by atoms with Gasteiger partial charge in [-0.05, 0) is 43.2 Å². The molecule has 0 unspecified atom stereocenters. The molecule has 1 heterocycles. The molecule has 2 N–H and O–H groups in total. The van der Waals surface area contributed by atoms with Crippen molar-refractivity contribution < 1.29 is 27.1 Å². The third-order valence-corrected chi connectivity index (χ3v) is 5.24. The molecule has 0 atom stereocenters. The summed E-state index contributed by atoms with van der Waals surface area (Å²) in [6.07, 6.45) is 1.50. The highest BCUT2D eigenvalue weighted by Crippen LogP contribution is 2.18. The predicted octanol–water partition coefficient (Wildman–Crippen LogP) is 2.08. The van der Waals surface area contributed by atoms with Crippen molar-refractivity contribution in [2.45, 2.75) is 13.3 Å². The van der Waals surface area contributed by atoms with Crippen LogP contribution in [-0.2, 0) is 26.0 Å². The summed E-state index contributed by atoms with van der Waals surface area (Å²) in [6, 6.07) is 7.51. The monoisotopic (exact) mass is 414 g/mol. The molecule has 0 saturated heterocycles. The highest BCUT2D eigenvalue weighted by atomic mass is 32.2. The molecule has 0 spiro atoms. The average molecular weight is 414 g/mol. The number of esters is 1. The molecular formula is C17H19FN2O5S2. The minimum atomic E-state index is -3.26. The number of hydrogen-bond acceptors (Lipinski definition) is 6. The van der Waals surface area contributed by atoms with E-state index in [0.717, 1.165) is 22.5 Å². The molecule has 10 heteroatoms. The smallest absolute Gasteiger partial charge is 0.348 e. The Morgan fingerprint density at radius 1 is 1.22 bits per heavy atom. The molecule has 0 radical (unpaired) electrons. The van der Waals surface area contributed by atoms with Crippen molar-refractivity contribution >= 4 is 38.9 Å². The van der Waals surface area contributed by atoms with E-state index in [-0.39, 0.29) is 12.2 Å². The molecule has 1 aromatic carbocycles. The summed E-state index contributed by atoms with van der Waals surface area (Å²) in [5.41, 5.74) is 0.732. The Kier molecular flexibility index (Phi) is 7.05. The van der Waals surface area contributed by atoms with Crippen LogP contribution in [0.4, 0.5) is 10.1 Å². The van der Waals surface area contributed by atoms with Gasteiger partial charge in [-0.15, -0.1) is 11.3 Å². The lowest BCUT2D eigenvalue weighted by Crippen LogP contribution is -2.24. The lowest BCUT2D eigenvalue weighted by atomic mass is 10.2. The lowest BCUT2D eigenvalue weighted by Gasteiger charge is -2.07. The Hall–Kier alpha value is -2.30. The molecule has 27 heavy (non-hydrogen) atoms. The average Bonchev–Trinajstić information content (AvgIpc) is 3.04. The van der Waals surface area contributed by atoms with Gasteiger partial charge in [0.05, 0.1) is 6.26 Å². The normalized spacial score (nSPS) is 11.2. The summed E-state index contributed by atoms with van der Waals surface area (Å²) in [5.74, 6) is -1.69. The second-order valence-corrected chi connectivity index (χ2v) is 8.77. The third-order valence-electron chi connectivity index (χ3n) is 3.39. The number of hydrogen-bond donors (Lipinski definition) is 2. The number of rotatable bonds is 8. The van der Waals surface area contributed by atoms with Gasteiger partial charge in [0.15, 0.2) is 6.61 Å². The van der Waals surface area contributed by atoms with E-state index >= 15 is 0 Å². The van der Waals surface area contributed by atoms with Gasteiger partial charge in [0, 0.05) is 17.1 Å². The number of thiophene rings is 1. The van der Waals surface area contributed by atoms with Crippen LogP contribution in [0.2, 0.25) is 0 Å². The second-order valence-electron chi connectivity index (χ2n) is 5.77. The van der Waals surface area contributed by atoms with Gasteiger partial charge in [-0.3, -0.25) is 4.79 Å². The van der Waals surface area contributed by atoms with Crippen molar-refractivity contribution in [3.8, 4) is 0 Å². The molecule has 0 aliphatic heterocycles. The second kappa shape index (κ2) is 9.07. The molecule has 0 saturated carbocycles. The van der Waals surface area contributed by atoms with Crippen molar-refractivity contribution in [2.24, 2.45) is 0 Å². The fourth-order valence-electron chi connectivity index (χ4n) is 2.05. The predicted molar refractivity (Wildman–Crippen MR) is 101 cm³/mol. The Labute approximate surface area is 160 Å². The van der Waals surface area contributed by atoms with E-state index in [1.54, 1.807) is 25.1 Å². The molecule has 0 fully saturated rings. The molecule has 146 valence electrons. The number of nitrogens with one attached hydrogen (secondary N) is 2. The first-order valence-corrected chi connectivity index (χ1v) is 10.6. The molecule has 1 aromatic heterocycles. The van der Waals surface area contributed by atoms with E-state index in [0.29, 0.717) is 16.9 Å². The largest absolute Gasteiger partial charge is 0.451 e. The fourth-order valence-corrected chi connectivity index (χ4v) is 3.43. The van der Waals surface area contributed by atoms with Crippen LogP contribution in [0.5, 0.6) is 0 Å². The maximum atomic E-state index is 13.4. The first-order valence-electron chi connectivity index (χ1n) is 7.90. The minimum absolute atomic E-state index is 0.226. The Morgan fingerprint density at radius 2 is 1.96 bits per heavy atom. The van der Waals surface area contributed by atoms with Gasteiger partial charge in [0.1, 0.15) is 10.7 Å². The quantitative estimate of drug-likeness (QED) is 0.644. The van der Waals surface area contributed by atoms with Crippen LogP contribution in [0.25, 0.3) is 0 Å². The molecule has 7 nitrogen and oxygen atoms in total. The number of anilines is 1. The van der Waals surface area contributed by atoms with E-state index < -0.39 is 34.3 Å². The van der Waals surface area contributed by atoms with Crippen molar-refractivity contribution in [3.05, 3.63) is 51.5 Å². The van der Waals surface area contributed by atoms with Gasteiger partial charge in [0.2, 0.25) is 10.0 Å². The number of amides is 1. The van der Waals surface area contributed by atoms with E-state index in [1.807, 2.05) is 0 Å². The summed E-state index contributed by atoms with van der Waals surface area (Å²) in [6.45, 7) is 1.33. The van der Waals surface area contributed by atoms with Crippen molar-refractivity contribution in [2.75, 3.05) is 24.7 Å². The van der Waals surface area contributed by atoms with Crippen LogP contribution in [0, 0.1) is 12.7 Å². The van der Waals surface area contributed by atoms with Crippen molar-refractivity contribution in [1.82, 2.24) is 4.72 Å². The van der Waals surface area contributed by atoms with Crippen LogP contribution >= 0.6 is 11.3 Å². The standard InChI is InChI=1S/C17H19FN2O5S2/c1-11-3-4-12(9-14(11)18)20-16(21)10-25-17(22)15-6-5-13(26-15)7-8-19-27(2,23)24/h3-6,9,19H,7-8,10H2,1-2H3,(H,20,21). The van der Waals surface area contributed by atoms with Gasteiger partial charge in [0.25, 0.3) is 5.91 Å². The number of carbonyl (C=O) groups is 2. The van der Waals surface area contributed by atoms with E-state index in [4.69, 9.17) is 4.74 Å². The molecule has 2 rings (SSSR count). The van der Waals surface area contributed by atoms with Gasteiger partial charge in [-0.2, -0.15) is 0 Å². The zero-order chi connectivity index (χ0) is 20.0. The summed E-state index contributed by atoms with van der Waals surface area (Å²) < 4.78 is 42.8. The van der Waals surface area contributed by atoms with Gasteiger partial charge < -0.3 is 10.1 Å². The van der Waals surface area contributed by atoms with Crippen molar-refractivity contribution in [1.29, 1.82) is 0 Å². The fraction of sp³-hybridized carbons (Fsp3) is 0.294. The van der Waals surface area contributed by atoms with E-state index in [2.05, 4.69) is 10.0 Å². The summed E-state index contributed by atoms with van der Waals surface area (Å²) in [4.78, 5) is 24.9. The molecule has 2 aromatic rings. The van der Waals surface area contributed by atoms with Gasteiger partial charge >= 0.3 is 5.97 Å². The first kappa shape index (κ1) is 21.0. The zero-order valence-electron chi connectivity index (χ0n) is 14.7. The van der Waals surface area contributed by atoms with Gasteiger partial charge in [-0.1, -0.05) is 6.07 Å². The van der Waals surface area contributed by atoms with Crippen molar-refractivity contribution in [3.63, 3.8) is 0 Å².